The highest BCUT2D eigenvalue weighted by atomic mass is 32.1. The number of hydrogen-bond acceptors (Lipinski definition) is 7. The largest absolute Gasteiger partial charge is 0.481 e. The van der Waals surface area contributed by atoms with Gasteiger partial charge in [-0.05, 0) is 62.5 Å². The van der Waals surface area contributed by atoms with Gasteiger partial charge in [0, 0.05) is 24.1 Å². The summed E-state index contributed by atoms with van der Waals surface area (Å²) in [5.74, 6) is -1.96. The summed E-state index contributed by atoms with van der Waals surface area (Å²) in [7, 11) is 2.10. The van der Waals surface area contributed by atoms with E-state index in [0.29, 0.717) is 29.2 Å². The Bertz CT molecular complexity index is 974. The highest BCUT2D eigenvalue weighted by Crippen LogP contribution is 2.37. The number of benzene rings is 1. The molecule has 34 heavy (non-hydrogen) atoms. The SMILES string of the molecule is CC(C)CN(c1ccc(C(C)CC(=O)O)cc1Nc1nc(C(F)(F)F)ns1)C1CCN(C)CC1. The average Bonchev–Trinajstić information content (AvgIpc) is 3.21. The molecule has 0 radical (unpaired) electrons. The number of carbonyl (C=O) groups is 1. The van der Waals surface area contributed by atoms with Gasteiger partial charge in [0.05, 0.1) is 17.8 Å². The number of halogens is 3. The number of carboxylic acid groups (broad SMARTS) is 1. The van der Waals surface area contributed by atoms with E-state index in [1.165, 1.54) is 0 Å². The molecule has 0 aliphatic carbocycles. The van der Waals surface area contributed by atoms with E-state index in [4.69, 9.17) is 0 Å². The molecule has 0 bridgehead atoms. The summed E-state index contributed by atoms with van der Waals surface area (Å²) in [4.78, 5) is 19.5. The first-order chi connectivity index (χ1) is 15.9. The monoisotopic (exact) mass is 499 g/mol. The first-order valence-corrected chi connectivity index (χ1v) is 12.2. The van der Waals surface area contributed by atoms with Crippen molar-refractivity contribution in [3.8, 4) is 0 Å². The minimum atomic E-state index is -4.62. The number of carboxylic acids is 1. The summed E-state index contributed by atoms with van der Waals surface area (Å²) < 4.78 is 42.6. The van der Waals surface area contributed by atoms with Crippen LogP contribution in [0.5, 0.6) is 0 Å². The van der Waals surface area contributed by atoms with Gasteiger partial charge in [-0.15, -0.1) is 0 Å². The molecule has 0 amide bonds. The van der Waals surface area contributed by atoms with Gasteiger partial charge in [0.15, 0.2) is 0 Å². The van der Waals surface area contributed by atoms with Crippen molar-refractivity contribution in [3.05, 3.63) is 29.6 Å². The number of rotatable bonds is 9. The van der Waals surface area contributed by atoms with E-state index >= 15 is 0 Å². The number of hydrogen-bond donors (Lipinski definition) is 2. The second-order valence-electron chi connectivity index (χ2n) is 9.40. The Kier molecular flexibility index (Phi) is 8.40. The number of aliphatic carboxylic acids is 1. The summed E-state index contributed by atoms with van der Waals surface area (Å²) in [5, 5.41) is 12.3. The Labute approximate surface area is 202 Å². The summed E-state index contributed by atoms with van der Waals surface area (Å²) >= 11 is 0.655. The minimum Gasteiger partial charge on any atom is -0.481 e. The molecule has 0 spiro atoms. The van der Waals surface area contributed by atoms with Gasteiger partial charge < -0.3 is 20.2 Å². The molecular weight excluding hydrogens is 467 g/mol. The normalized spacial score (nSPS) is 16.6. The maximum atomic E-state index is 13.0. The zero-order valence-corrected chi connectivity index (χ0v) is 20.7. The third-order valence-corrected chi connectivity index (χ3v) is 6.62. The van der Waals surface area contributed by atoms with Gasteiger partial charge in [-0.3, -0.25) is 4.79 Å². The number of piperidine rings is 1. The fourth-order valence-corrected chi connectivity index (χ4v) is 4.84. The predicted octanol–water partition coefficient (Wildman–Crippen LogP) is 5.44. The van der Waals surface area contributed by atoms with Gasteiger partial charge in [0.1, 0.15) is 0 Å². The first-order valence-electron chi connectivity index (χ1n) is 11.4. The lowest BCUT2D eigenvalue weighted by Gasteiger charge is -2.40. The van der Waals surface area contributed by atoms with Crippen LogP contribution in [0.4, 0.5) is 29.7 Å². The van der Waals surface area contributed by atoms with Crippen molar-refractivity contribution < 1.29 is 23.1 Å². The number of aromatic nitrogens is 2. The van der Waals surface area contributed by atoms with Gasteiger partial charge >= 0.3 is 12.1 Å². The summed E-state index contributed by atoms with van der Waals surface area (Å²) in [6.07, 6.45) is -2.69. The molecule has 1 saturated heterocycles. The smallest absolute Gasteiger partial charge is 0.452 e. The number of nitrogens with one attached hydrogen (secondary N) is 1. The third-order valence-electron chi connectivity index (χ3n) is 5.99. The molecule has 1 aromatic heterocycles. The summed E-state index contributed by atoms with van der Waals surface area (Å²) in [5.41, 5.74) is 2.28. The Morgan fingerprint density at radius 1 is 1.29 bits per heavy atom. The maximum Gasteiger partial charge on any atom is 0.452 e. The highest BCUT2D eigenvalue weighted by molar-refractivity contribution is 7.09. The van der Waals surface area contributed by atoms with Gasteiger partial charge in [0.25, 0.3) is 0 Å². The average molecular weight is 500 g/mol. The van der Waals surface area contributed by atoms with E-state index in [-0.39, 0.29) is 17.5 Å². The van der Waals surface area contributed by atoms with Gasteiger partial charge in [-0.25, -0.2) is 0 Å². The van der Waals surface area contributed by atoms with Crippen LogP contribution in [0.1, 0.15) is 57.3 Å². The molecule has 1 fully saturated rings. The quantitative estimate of drug-likeness (QED) is 0.476. The fourth-order valence-electron chi connectivity index (χ4n) is 4.24. The Morgan fingerprint density at radius 3 is 2.53 bits per heavy atom. The molecule has 2 N–H and O–H groups in total. The van der Waals surface area contributed by atoms with E-state index in [1.807, 2.05) is 25.1 Å². The van der Waals surface area contributed by atoms with Crippen LogP contribution in [-0.2, 0) is 11.0 Å². The molecule has 1 aliphatic heterocycles. The second-order valence-corrected chi connectivity index (χ2v) is 10.2. The predicted molar refractivity (Wildman–Crippen MR) is 128 cm³/mol. The van der Waals surface area contributed by atoms with Crippen LogP contribution in [0, 0.1) is 5.92 Å². The molecule has 188 valence electrons. The molecule has 1 atom stereocenters. The molecule has 2 aromatic rings. The minimum absolute atomic E-state index is 0.0412. The maximum absolute atomic E-state index is 13.0. The Balaban J connectivity index is 2.00. The first kappa shape index (κ1) is 26.2. The fraction of sp³-hybridized carbons (Fsp3) is 0.609. The van der Waals surface area contributed by atoms with Crippen molar-refractivity contribution >= 4 is 34.0 Å². The topological polar surface area (TPSA) is 81.6 Å². The van der Waals surface area contributed by atoms with Crippen LogP contribution in [-0.4, -0.2) is 58.1 Å². The molecule has 0 saturated carbocycles. The molecule has 1 unspecified atom stereocenters. The van der Waals surface area contributed by atoms with E-state index in [1.54, 1.807) is 0 Å². The molecule has 3 rings (SSSR count). The van der Waals surface area contributed by atoms with E-state index in [0.717, 1.165) is 43.7 Å². The molecule has 7 nitrogen and oxygen atoms in total. The van der Waals surface area contributed by atoms with Gasteiger partial charge in [-0.2, -0.15) is 22.5 Å². The highest BCUT2D eigenvalue weighted by Gasteiger charge is 2.36. The zero-order chi connectivity index (χ0) is 25.0. The van der Waals surface area contributed by atoms with Gasteiger partial charge in [0.2, 0.25) is 11.0 Å². The lowest BCUT2D eigenvalue weighted by molar-refractivity contribution is -0.144. The van der Waals surface area contributed by atoms with Crippen molar-refractivity contribution in [1.29, 1.82) is 0 Å². The van der Waals surface area contributed by atoms with Crippen LogP contribution < -0.4 is 10.2 Å². The molecule has 2 heterocycles. The van der Waals surface area contributed by atoms with Gasteiger partial charge in [-0.1, -0.05) is 26.8 Å². The van der Waals surface area contributed by atoms with E-state index in [9.17, 15) is 23.1 Å². The molecule has 1 aromatic carbocycles. The Morgan fingerprint density at radius 2 is 1.97 bits per heavy atom. The number of nitrogens with zero attached hydrogens (tertiary/aromatic N) is 4. The molecule has 11 heteroatoms. The van der Waals surface area contributed by atoms with Crippen molar-refractivity contribution in [2.45, 2.75) is 58.2 Å². The number of anilines is 3. The zero-order valence-electron chi connectivity index (χ0n) is 19.9. The lowest BCUT2D eigenvalue weighted by Crippen LogP contribution is -2.45. The van der Waals surface area contributed by atoms with Crippen LogP contribution in [0.2, 0.25) is 0 Å². The third kappa shape index (κ3) is 6.82. The number of likely N-dealkylation sites (tertiary alicyclic amines) is 1. The van der Waals surface area contributed by atoms with Crippen LogP contribution in [0.25, 0.3) is 0 Å². The van der Waals surface area contributed by atoms with Crippen molar-refractivity contribution in [1.82, 2.24) is 14.3 Å². The number of alkyl halides is 3. The van der Waals surface area contributed by atoms with Crippen molar-refractivity contribution in [3.63, 3.8) is 0 Å². The Hall–Kier alpha value is -2.40. The standard InChI is InChI=1S/C23H32F3N5O2S/c1-14(2)13-31(17-7-9-30(4)10-8-17)19-6-5-16(15(3)11-20(32)33)12-18(19)27-22-28-21(29-34-22)23(24,25)26/h5-6,12,14-15,17H,7-11,13H2,1-4H3,(H,32,33)(H,27,28,29). The second kappa shape index (κ2) is 10.9. The molecule has 1 aliphatic rings. The summed E-state index contributed by atoms with van der Waals surface area (Å²) in [6.45, 7) is 8.83. The van der Waals surface area contributed by atoms with Crippen LogP contribution in [0.15, 0.2) is 18.2 Å². The van der Waals surface area contributed by atoms with E-state index in [2.05, 4.69) is 45.4 Å². The van der Waals surface area contributed by atoms with Crippen LogP contribution >= 0.6 is 11.5 Å². The van der Waals surface area contributed by atoms with Crippen LogP contribution in [0.3, 0.4) is 0 Å². The van der Waals surface area contributed by atoms with Crippen molar-refractivity contribution in [2.75, 3.05) is 36.9 Å². The molecular formula is C23H32F3N5O2S. The summed E-state index contributed by atoms with van der Waals surface area (Å²) in [6, 6.07) is 5.99. The van der Waals surface area contributed by atoms with Crippen molar-refractivity contribution in [2.24, 2.45) is 5.92 Å². The van der Waals surface area contributed by atoms with E-state index < -0.39 is 18.0 Å². The lowest BCUT2D eigenvalue weighted by atomic mass is 9.95.